The van der Waals surface area contributed by atoms with Crippen molar-refractivity contribution in [2.24, 2.45) is 0 Å². The third-order valence-electron chi connectivity index (χ3n) is 2.90. The molecule has 0 aliphatic carbocycles. The maximum absolute atomic E-state index is 11.8. The molecular formula is C13H20N2O4S2. The molecule has 1 aromatic rings. The summed E-state index contributed by atoms with van der Waals surface area (Å²) in [4.78, 5) is 22.8. The maximum atomic E-state index is 11.8. The lowest BCUT2D eigenvalue weighted by Crippen LogP contribution is -2.42. The van der Waals surface area contributed by atoms with Crippen molar-refractivity contribution in [2.75, 3.05) is 17.8 Å². The molecule has 1 amide bonds. The van der Waals surface area contributed by atoms with Gasteiger partial charge in [0.1, 0.15) is 11.8 Å². The summed E-state index contributed by atoms with van der Waals surface area (Å²) in [6, 6.07) is -0.815. The van der Waals surface area contributed by atoms with E-state index in [0.29, 0.717) is 17.9 Å². The van der Waals surface area contributed by atoms with Crippen LogP contribution >= 0.6 is 23.5 Å². The summed E-state index contributed by atoms with van der Waals surface area (Å²) in [6.45, 7) is 3.69. The molecule has 8 heteroatoms. The molecule has 0 unspecified atom stereocenters. The lowest BCUT2D eigenvalue weighted by atomic mass is 10.2. The molecule has 0 aromatic carbocycles. The van der Waals surface area contributed by atoms with Gasteiger partial charge in [0.05, 0.1) is 11.4 Å². The summed E-state index contributed by atoms with van der Waals surface area (Å²) in [5.74, 6) is 1.03. The van der Waals surface area contributed by atoms with Gasteiger partial charge in [0.2, 0.25) is 5.91 Å². The van der Waals surface area contributed by atoms with E-state index >= 15 is 0 Å². The molecule has 0 radical (unpaired) electrons. The second-order valence-corrected chi connectivity index (χ2v) is 6.51. The molecule has 0 aliphatic rings. The molecule has 0 aliphatic heterocycles. The zero-order chi connectivity index (χ0) is 15.8. The van der Waals surface area contributed by atoms with Gasteiger partial charge >= 0.3 is 5.97 Å². The van der Waals surface area contributed by atoms with E-state index < -0.39 is 12.0 Å². The van der Waals surface area contributed by atoms with Crippen LogP contribution in [0.15, 0.2) is 4.52 Å². The number of rotatable bonds is 9. The minimum absolute atomic E-state index is 0.215. The fourth-order valence-corrected chi connectivity index (χ4v) is 3.14. The van der Waals surface area contributed by atoms with Gasteiger partial charge in [-0.1, -0.05) is 5.16 Å². The average molecular weight is 332 g/mol. The summed E-state index contributed by atoms with van der Waals surface area (Å²) in [7, 11) is 0. The van der Waals surface area contributed by atoms with E-state index in [1.807, 2.05) is 20.1 Å². The summed E-state index contributed by atoms with van der Waals surface area (Å²) < 4.78 is 5.05. The Balaban J connectivity index is 2.37. The summed E-state index contributed by atoms with van der Waals surface area (Å²) in [5, 5.41) is 15.4. The monoisotopic (exact) mass is 332 g/mol. The number of amides is 1. The van der Waals surface area contributed by atoms with Crippen LogP contribution in [-0.4, -0.2) is 45.9 Å². The van der Waals surface area contributed by atoms with Crippen molar-refractivity contribution in [3.8, 4) is 0 Å². The smallest absolute Gasteiger partial charge is 0.326 e. The Bertz CT molecular complexity index is 471. The van der Waals surface area contributed by atoms with E-state index in [2.05, 4.69) is 10.5 Å². The van der Waals surface area contributed by atoms with Crippen molar-refractivity contribution >= 4 is 35.4 Å². The second kappa shape index (κ2) is 8.99. The normalized spacial score (nSPS) is 12.1. The van der Waals surface area contributed by atoms with Crippen molar-refractivity contribution in [2.45, 2.75) is 32.1 Å². The largest absolute Gasteiger partial charge is 0.480 e. The Labute approximate surface area is 132 Å². The van der Waals surface area contributed by atoms with E-state index in [1.165, 1.54) is 11.8 Å². The van der Waals surface area contributed by atoms with Gasteiger partial charge in [-0.05, 0) is 32.3 Å². The average Bonchev–Trinajstić information content (AvgIpc) is 2.74. The molecule has 1 aromatic heterocycles. The van der Waals surface area contributed by atoms with E-state index in [0.717, 1.165) is 17.0 Å². The molecule has 6 nitrogen and oxygen atoms in total. The van der Waals surface area contributed by atoms with Gasteiger partial charge in [-0.25, -0.2) is 4.79 Å². The zero-order valence-electron chi connectivity index (χ0n) is 12.3. The van der Waals surface area contributed by atoms with Gasteiger partial charge in [0.15, 0.2) is 0 Å². The van der Waals surface area contributed by atoms with Crippen LogP contribution in [0.2, 0.25) is 0 Å². The van der Waals surface area contributed by atoms with E-state index in [-0.39, 0.29) is 11.7 Å². The summed E-state index contributed by atoms with van der Waals surface area (Å²) >= 11 is 2.97. The van der Waals surface area contributed by atoms with Crippen LogP contribution in [0.3, 0.4) is 0 Å². The number of aliphatic carboxylic acids is 1. The Morgan fingerprint density at radius 1 is 1.43 bits per heavy atom. The van der Waals surface area contributed by atoms with Crippen LogP contribution in [-0.2, 0) is 15.3 Å². The minimum Gasteiger partial charge on any atom is -0.480 e. The van der Waals surface area contributed by atoms with Gasteiger partial charge in [0.25, 0.3) is 0 Å². The molecular weight excluding hydrogens is 312 g/mol. The lowest BCUT2D eigenvalue weighted by molar-refractivity contribution is -0.141. The zero-order valence-corrected chi connectivity index (χ0v) is 14.0. The molecule has 0 saturated carbocycles. The highest BCUT2D eigenvalue weighted by atomic mass is 32.2. The van der Waals surface area contributed by atoms with E-state index in [4.69, 9.17) is 9.63 Å². The van der Waals surface area contributed by atoms with Gasteiger partial charge < -0.3 is 14.9 Å². The number of carbonyl (C=O) groups is 2. The number of hydrogen-bond donors (Lipinski definition) is 2. The number of carbonyl (C=O) groups excluding carboxylic acids is 1. The predicted octanol–water partition coefficient (Wildman–Crippen LogP) is 1.85. The first-order valence-electron chi connectivity index (χ1n) is 6.46. The molecule has 0 saturated heterocycles. The lowest BCUT2D eigenvalue weighted by Gasteiger charge is -2.13. The Kier molecular flexibility index (Phi) is 7.66. The Hall–Kier alpha value is -1.15. The summed E-state index contributed by atoms with van der Waals surface area (Å²) in [5.41, 5.74) is 1.81. The standard InChI is InChI=1S/C13H20N2O4S2/c1-8-10(9(2)19-15-8)6-21-7-12(16)14-11(13(17)18)4-5-20-3/h11H,4-7H2,1-3H3,(H,14,16)(H,17,18)/t11-/m1/s1. The minimum atomic E-state index is -0.992. The first kappa shape index (κ1) is 17.9. The highest BCUT2D eigenvalue weighted by Gasteiger charge is 2.19. The molecule has 2 N–H and O–H groups in total. The number of aromatic nitrogens is 1. The van der Waals surface area contributed by atoms with Gasteiger partial charge in [0, 0.05) is 11.3 Å². The molecule has 118 valence electrons. The molecule has 1 heterocycles. The number of nitrogens with one attached hydrogen (secondary N) is 1. The maximum Gasteiger partial charge on any atom is 0.326 e. The molecule has 0 bridgehead atoms. The van der Waals surface area contributed by atoms with Crippen LogP contribution in [0.25, 0.3) is 0 Å². The Morgan fingerprint density at radius 2 is 2.14 bits per heavy atom. The van der Waals surface area contributed by atoms with Crippen molar-refractivity contribution in [1.82, 2.24) is 10.5 Å². The third kappa shape index (κ3) is 6.01. The van der Waals surface area contributed by atoms with Crippen LogP contribution < -0.4 is 5.32 Å². The number of nitrogens with zero attached hydrogens (tertiary/aromatic N) is 1. The second-order valence-electron chi connectivity index (χ2n) is 4.54. The highest BCUT2D eigenvalue weighted by Crippen LogP contribution is 2.19. The van der Waals surface area contributed by atoms with E-state index in [1.54, 1.807) is 11.8 Å². The van der Waals surface area contributed by atoms with Crippen LogP contribution in [0.1, 0.15) is 23.4 Å². The molecule has 21 heavy (non-hydrogen) atoms. The van der Waals surface area contributed by atoms with Gasteiger partial charge in [-0.2, -0.15) is 11.8 Å². The predicted molar refractivity (Wildman–Crippen MR) is 84.7 cm³/mol. The number of thioether (sulfide) groups is 2. The third-order valence-corrected chi connectivity index (χ3v) is 4.51. The van der Waals surface area contributed by atoms with Gasteiger partial charge in [-0.3, -0.25) is 4.79 Å². The topological polar surface area (TPSA) is 92.4 Å². The molecule has 0 spiro atoms. The highest BCUT2D eigenvalue weighted by molar-refractivity contribution is 7.99. The van der Waals surface area contributed by atoms with Crippen LogP contribution in [0.4, 0.5) is 0 Å². The van der Waals surface area contributed by atoms with E-state index in [9.17, 15) is 9.59 Å². The quantitative estimate of drug-likeness (QED) is 0.713. The van der Waals surface area contributed by atoms with Crippen molar-refractivity contribution in [1.29, 1.82) is 0 Å². The first-order chi connectivity index (χ1) is 9.95. The van der Waals surface area contributed by atoms with Gasteiger partial charge in [-0.15, -0.1) is 11.8 Å². The number of aryl methyl sites for hydroxylation is 2. The van der Waals surface area contributed by atoms with Crippen molar-refractivity contribution in [3.63, 3.8) is 0 Å². The fraction of sp³-hybridized carbons (Fsp3) is 0.615. The molecule has 0 fully saturated rings. The first-order valence-corrected chi connectivity index (χ1v) is 9.01. The number of carboxylic acids is 1. The summed E-state index contributed by atoms with van der Waals surface area (Å²) in [6.07, 6.45) is 2.33. The fourth-order valence-electron chi connectivity index (χ4n) is 1.68. The number of carboxylic acid groups (broad SMARTS) is 1. The van der Waals surface area contributed by atoms with Crippen LogP contribution in [0.5, 0.6) is 0 Å². The number of hydrogen-bond acceptors (Lipinski definition) is 6. The molecule has 1 rings (SSSR count). The Morgan fingerprint density at radius 3 is 2.67 bits per heavy atom. The van der Waals surface area contributed by atoms with Crippen molar-refractivity contribution < 1.29 is 19.2 Å². The van der Waals surface area contributed by atoms with Crippen molar-refractivity contribution in [3.05, 3.63) is 17.0 Å². The molecule has 1 atom stereocenters. The van der Waals surface area contributed by atoms with Crippen LogP contribution in [0, 0.1) is 13.8 Å². The SMILES string of the molecule is CSCC[C@@H](NC(=O)CSCc1c(C)noc1C)C(=O)O.